The Morgan fingerprint density at radius 2 is 2.03 bits per heavy atom. The largest absolute Gasteiger partial charge is 0.381 e. The molecule has 2 aromatic heterocycles. The molecule has 1 aliphatic heterocycles. The number of nitrogens with one attached hydrogen (secondary N) is 2. The lowest BCUT2D eigenvalue weighted by molar-refractivity contribution is -0.126. The molecule has 1 aliphatic carbocycles. The van der Waals surface area contributed by atoms with Crippen LogP contribution in [0.2, 0.25) is 0 Å². The number of hydrogen-bond donors (Lipinski definition) is 3. The van der Waals surface area contributed by atoms with Crippen LogP contribution < -0.4 is 11.1 Å². The summed E-state index contributed by atoms with van der Waals surface area (Å²) < 4.78 is 7.21. The average Bonchev–Trinajstić information content (AvgIpc) is 3.36. The van der Waals surface area contributed by atoms with E-state index in [0.29, 0.717) is 25.2 Å². The summed E-state index contributed by atoms with van der Waals surface area (Å²) in [5.41, 5.74) is 11.1. The number of ether oxygens (including phenoxy) is 1. The first-order chi connectivity index (χ1) is 15.0. The quantitative estimate of drug-likeness (QED) is 0.598. The maximum absolute atomic E-state index is 12.9. The van der Waals surface area contributed by atoms with Gasteiger partial charge in [0.2, 0.25) is 5.91 Å². The number of aromatic amines is 1. The van der Waals surface area contributed by atoms with Crippen LogP contribution in [0.1, 0.15) is 40.9 Å². The van der Waals surface area contributed by atoms with Gasteiger partial charge in [-0.2, -0.15) is 5.10 Å². The van der Waals surface area contributed by atoms with Gasteiger partial charge < -0.3 is 20.8 Å². The first-order valence-corrected chi connectivity index (χ1v) is 10.9. The van der Waals surface area contributed by atoms with Gasteiger partial charge in [-0.1, -0.05) is 6.07 Å². The number of nitrogens with zero attached hydrogens (tertiary/aromatic N) is 2. The molecule has 0 spiro atoms. The minimum Gasteiger partial charge on any atom is -0.381 e. The molecular formula is C23H27N5O3. The SMILES string of the molecule is Cn1nccc1-c1ccc(C(N)=O)c2[nH]c3c(c12)CCC(C(=O)NC1CCOCC1)C3. The molecule has 0 saturated carbocycles. The van der Waals surface area contributed by atoms with Crippen molar-refractivity contribution in [2.75, 3.05) is 13.2 Å². The van der Waals surface area contributed by atoms with Gasteiger partial charge in [0.25, 0.3) is 5.91 Å². The number of primary amides is 1. The minimum absolute atomic E-state index is 0.0828. The minimum atomic E-state index is -0.464. The van der Waals surface area contributed by atoms with E-state index in [0.717, 1.165) is 53.5 Å². The molecule has 1 aromatic carbocycles. The molecule has 8 nitrogen and oxygen atoms in total. The van der Waals surface area contributed by atoms with Crippen molar-refractivity contribution in [3.8, 4) is 11.3 Å². The van der Waals surface area contributed by atoms with E-state index in [9.17, 15) is 9.59 Å². The number of carbonyl (C=O) groups excluding carboxylic acids is 2. The molecule has 0 radical (unpaired) electrons. The Kier molecular flexibility index (Phi) is 5.02. The zero-order chi connectivity index (χ0) is 21.5. The number of benzene rings is 1. The van der Waals surface area contributed by atoms with Gasteiger partial charge in [0.05, 0.1) is 16.8 Å². The first-order valence-electron chi connectivity index (χ1n) is 10.9. The number of rotatable bonds is 4. The van der Waals surface area contributed by atoms with Gasteiger partial charge in [0.15, 0.2) is 0 Å². The fraction of sp³-hybridized carbons (Fsp3) is 0.435. The van der Waals surface area contributed by atoms with Crippen LogP contribution in [0.25, 0.3) is 22.2 Å². The molecule has 31 heavy (non-hydrogen) atoms. The number of hydrogen-bond acceptors (Lipinski definition) is 4. The molecule has 3 heterocycles. The maximum atomic E-state index is 12.9. The van der Waals surface area contributed by atoms with Crippen LogP contribution in [0.3, 0.4) is 0 Å². The molecule has 2 amide bonds. The van der Waals surface area contributed by atoms with E-state index in [4.69, 9.17) is 10.5 Å². The summed E-state index contributed by atoms with van der Waals surface area (Å²) in [6.07, 6.45) is 5.67. The Balaban J connectivity index is 1.51. The number of H-pyrrole nitrogens is 1. The van der Waals surface area contributed by atoms with Gasteiger partial charge in [-0.15, -0.1) is 0 Å². The molecular weight excluding hydrogens is 394 g/mol. The number of aryl methyl sites for hydroxylation is 2. The van der Waals surface area contributed by atoms with E-state index in [1.165, 1.54) is 5.56 Å². The Morgan fingerprint density at radius 3 is 2.74 bits per heavy atom. The molecule has 1 unspecified atom stereocenters. The summed E-state index contributed by atoms with van der Waals surface area (Å²) in [4.78, 5) is 28.5. The van der Waals surface area contributed by atoms with Crippen LogP contribution in [0.5, 0.6) is 0 Å². The van der Waals surface area contributed by atoms with Gasteiger partial charge in [0, 0.05) is 55.1 Å². The van der Waals surface area contributed by atoms with E-state index in [-0.39, 0.29) is 17.9 Å². The van der Waals surface area contributed by atoms with Gasteiger partial charge in [-0.25, -0.2) is 0 Å². The molecule has 1 saturated heterocycles. The van der Waals surface area contributed by atoms with Crippen LogP contribution in [-0.2, 0) is 29.4 Å². The monoisotopic (exact) mass is 421 g/mol. The molecule has 1 fully saturated rings. The van der Waals surface area contributed by atoms with Crippen molar-refractivity contribution in [2.24, 2.45) is 18.7 Å². The van der Waals surface area contributed by atoms with Crippen LogP contribution in [-0.4, -0.2) is 45.8 Å². The van der Waals surface area contributed by atoms with Crippen molar-refractivity contribution >= 4 is 22.7 Å². The lowest BCUT2D eigenvalue weighted by atomic mass is 9.85. The zero-order valence-corrected chi connectivity index (χ0v) is 17.6. The highest BCUT2D eigenvalue weighted by Gasteiger charge is 2.31. The van der Waals surface area contributed by atoms with Crippen molar-refractivity contribution < 1.29 is 14.3 Å². The summed E-state index contributed by atoms with van der Waals surface area (Å²) in [5, 5.41) is 8.52. The Hall–Kier alpha value is -3.13. The molecule has 2 aliphatic rings. The highest BCUT2D eigenvalue weighted by molar-refractivity contribution is 6.10. The molecule has 8 heteroatoms. The van der Waals surface area contributed by atoms with E-state index < -0.39 is 5.91 Å². The van der Waals surface area contributed by atoms with Crippen molar-refractivity contribution in [1.29, 1.82) is 0 Å². The molecule has 4 N–H and O–H groups in total. The predicted molar refractivity (Wildman–Crippen MR) is 117 cm³/mol. The molecule has 0 bridgehead atoms. The third-order valence-electron chi connectivity index (χ3n) is 6.64. The van der Waals surface area contributed by atoms with Crippen LogP contribution >= 0.6 is 0 Å². The summed E-state index contributed by atoms with van der Waals surface area (Å²) >= 11 is 0. The zero-order valence-electron chi connectivity index (χ0n) is 17.6. The Labute approximate surface area is 180 Å². The fourth-order valence-electron chi connectivity index (χ4n) is 4.98. The second-order valence-corrected chi connectivity index (χ2v) is 8.53. The van der Waals surface area contributed by atoms with Gasteiger partial charge in [-0.3, -0.25) is 14.3 Å². The number of amides is 2. The molecule has 162 valence electrons. The van der Waals surface area contributed by atoms with E-state index in [1.54, 1.807) is 12.3 Å². The summed E-state index contributed by atoms with van der Waals surface area (Å²) in [5.74, 6) is -0.437. The second kappa shape index (κ2) is 7.85. The smallest absolute Gasteiger partial charge is 0.250 e. The maximum Gasteiger partial charge on any atom is 0.250 e. The third kappa shape index (κ3) is 3.50. The highest BCUT2D eigenvalue weighted by Crippen LogP contribution is 2.39. The molecule has 3 aromatic rings. The molecule has 5 rings (SSSR count). The van der Waals surface area contributed by atoms with Crippen LogP contribution in [0.15, 0.2) is 24.4 Å². The highest BCUT2D eigenvalue weighted by atomic mass is 16.5. The topological polar surface area (TPSA) is 115 Å². The summed E-state index contributed by atoms with van der Waals surface area (Å²) in [6.45, 7) is 1.41. The lowest BCUT2D eigenvalue weighted by Gasteiger charge is -2.27. The predicted octanol–water partition coefficient (Wildman–Crippen LogP) is 2.07. The van der Waals surface area contributed by atoms with E-state index >= 15 is 0 Å². The standard InChI is InChI=1S/C23H27N5O3/c1-28-19(6-9-25-28)16-4-5-17(22(24)29)21-20(16)15-3-2-13(12-18(15)27-21)23(30)26-14-7-10-31-11-8-14/h4-6,9,13-14,27H,2-3,7-8,10-12H2,1H3,(H2,24,29)(H,26,30). The van der Waals surface area contributed by atoms with Crippen molar-refractivity contribution in [1.82, 2.24) is 20.1 Å². The van der Waals surface area contributed by atoms with Crippen LogP contribution in [0, 0.1) is 5.92 Å². The summed E-state index contributed by atoms with van der Waals surface area (Å²) in [7, 11) is 1.90. The first kappa shape index (κ1) is 19.8. The summed E-state index contributed by atoms with van der Waals surface area (Å²) in [6, 6.07) is 5.87. The third-order valence-corrected chi connectivity index (χ3v) is 6.64. The fourth-order valence-corrected chi connectivity index (χ4v) is 4.98. The normalized spacial score (nSPS) is 19.3. The number of carbonyl (C=O) groups is 2. The van der Waals surface area contributed by atoms with Crippen LogP contribution in [0.4, 0.5) is 0 Å². The number of aromatic nitrogens is 3. The Bertz CT molecular complexity index is 1160. The molecule has 1 atom stereocenters. The van der Waals surface area contributed by atoms with Crippen molar-refractivity contribution in [3.63, 3.8) is 0 Å². The average molecular weight is 422 g/mol. The van der Waals surface area contributed by atoms with Gasteiger partial charge >= 0.3 is 0 Å². The number of fused-ring (bicyclic) bond motifs is 3. The Morgan fingerprint density at radius 1 is 1.23 bits per heavy atom. The lowest BCUT2D eigenvalue weighted by Crippen LogP contribution is -2.43. The second-order valence-electron chi connectivity index (χ2n) is 8.53. The van der Waals surface area contributed by atoms with E-state index in [2.05, 4.69) is 15.4 Å². The van der Waals surface area contributed by atoms with Gasteiger partial charge in [0.1, 0.15) is 0 Å². The number of nitrogens with two attached hydrogens (primary N) is 1. The van der Waals surface area contributed by atoms with Gasteiger partial charge in [-0.05, 0) is 49.8 Å². The van der Waals surface area contributed by atoms with E-state index in [1.807, 2.05) is 23.9 Å². The van der Waals surface area contributed by atoms with Crippen molar-refractivity contribution in [2.45, 2.75) is 38.1 Å². The van der Waals surface area contributed by atoms with Crippen molar-refractivity contribution in [3.05, 3.63) is 41.2 Å².